The van der Waals surface area contributed by atoms with E-state index in [9.17, 15) is 19.8 Å². The molecule has 6 heteroatoms. The Balaban J connectivity index is 1.36. The van der Waals surface area contributed by atoms with E-state index in [4.69, 9.17) is 4.74 Å². The molecule has 5 atom stereocenters. The molecule has 1 saturated heterocycles. The fourth-order valence-corrected chi connectivity index (χ4v) is 8.98. The lowest BCUT2D eigenvalue weighted by molar-refractivity contribution is -0.126. The summed E-state index contributed by atoms with van der Waals surface area (Å²) in [4.78, 5) is 26.7. The van der Waals surface area contributed by atoms with Crippen molar-refractivity contribution in [1.82, 2.24) is 0 Å². The van der Waals surface area contributed by atoms with Crippen molar-refractivity contribution in [3.63, 3.8) is 0 Å². The zero-order chi connectivity index (χ0) is 30.6. The number of carbonyl (C=O) groups is 2. The fraction of sp³-hybridized carbons (Fsp3) is 0.622. The molecule has 1 heterocycles. The lowest BCUT2D eigenvalue weighted by Crippen LogP contribution is -2.51. The third-order valence-corrected chi connectivity index (χ3v) is 11.7. The van der Waals surface area contributed by atoms with Crippen molar-refractivity contribution in [3.8, 4) is 11.8 Å². The number of hydrogen-bond donors (Lipinski definition) is 2. The number of ketones is 2. The molecule has 0 unspecified atom stereocenters. The van der Waals surface area contributed by atoms with Gasteiger partial charge < -0.3 is 19.8 Å². The van der Waals surface area contributed by atoms with Crippen LogP contribution in [-0.2, 0) is 14.3 Å². The molecule has 43 heavy (non-hydrogen) atoms. The number of Topliss-reactive ketones (excluding diaryl/α,β-unsaturated/α-hetero) is 1. The molecule has 2 N–H and O–H groups in total. The number of aliphatic hydroxyl groups excluding tert-OH is 1. The average molecular weight is 586 g/mol. The molecule has 6 nitrogen and oxygen atoms in total. The molecule has 3 fully saturated rings. The maximum Gasteiger partial charge on any atom is 0.161 e. The number of piperidine rings is 1. The van der Waals surface area contributed by atoms with Gasteiger partial charge in [0.1, 0.15) is 17.8 Å². The van der Waals surface area contributed by atoms with Gasteiger partial charge in [0.25, 0.3) is 0 Å². The number of nitrogens with zero attached hydrogens (tertiary/aromatic N) is 1. The Kier molecular flexibility index (Phi) is 7.99. The Morgan fingerprint density at radius 3 is 2.49 bits per heavy atom. The largest absolute Gasteiger partial charge is 0.389 e. The maximum atomic E-state index is 12.4. The van der Waals surface area contributed by atoms with Crippen molar-refractivity contribution in [2.24, 2.45) is 23.2 Å². The lowest BCUT2D eigenvalue weighted by Gasteiger charge is -2.53. The number of methoxy groups -OCH3 is 1. The molecule has 0 bridgehead atoms. The zero-order valence-electron chi connectivity index (χ0n) is 26.2. The van der Waals surface area contributed by atoms with Crippen LogP contribution < -0.4 is 4.90 Å². The smallest absolute Gasteiger partial charge is 0.161 e. The number of benzene rings is 1. The summed E-state index contributed by atoms with van der Waals surface area (Å²) < 4.78 is 5.58. The number of rotatable bonds is 5. The molecule has 0 amide bonds. The van der Waals surface area contributed by atoms with Crippen LogP contribution in [0.5, 0.6) is 0 Å². The first-order valence-corrected chi connectivity index (χ1v) is 16.3. The number of ether oxygens (including phenoxy) is 1. The molecule has 1 aliphatic heterocycles. The molecular weight excluding hydrogens is 538 g/mol. The summed E-state index contributed by atoms with van der Waals surface area (Å²) in [5.41, 5.74) is 4.50. The highest BCUT2D eigenvalue weighted by Crippen LogP contribution is 2.66. The van der Waals surface area contributed by atoms with Crippen LogP contribution >= 0.6 is 0 Å². The van der Waals surface area contributed by atoms with Gasteiger partial charge in [0.2, 0.25) is 0 Å². The second-order valence-corrected chi connectivity index (χ2v) is 14.3. The molecular formula is C37H47NO5. The van der Waals surface area contributed by atoms with Crippen LogP contribution in [0.4, 0.5) is 5.69 Å². The molecule has 5 aliphatic rings. The molecule has 1 aromatic carbocycles. The summed E-state index contributed by atoms with van der Waals surface area (Å²) in [6.45, 7) is 7.41. The predicted molar refractivity (Wildman–Crippen MR) is 168 cm³/mol. The van der Waals surface area contributed by atoms with Gasteiger partial charge in [-0.25, -0.2) is 0 Å². The average Bonchev–Trinajstić information content (AvgIpc) is 3.29. The maximum absolute atomic E-state index is 12.4. The summed E-state index contributed by atoms with van der Waals surface area (Å²) in [5, 5.41) is 21.5. The van der Waals surface area contributed by atoms with Gasteiger partial charge in [0.05, 0.1) is 0 Å². The van der Waals surface area contributed by atoms with Crippen LogP contribution in [-0.4, -0.2) is 59.8 Å². The van der Waals surface area contributed by atoms with Crippen molar-refractivity contribution < 1.29 is 24.5 Å². The van der Waals surface area contributed by atoms with Gasteiger partial charge in [0, 0.05) is 49.6 Å². The first kappa shape index (κ1) is 30.3. The van der Waals surface area contributed by atoms with Crippen LogP contribution in [0, 0.1) is 35.0 Å². The number of allylic oxidation sites excluding steroid dienone is 4. The standard InChI is InChI=1S/C37H47NO5/c1-35(2,43-4)17-18-37(42)16-13-32-30-11-7-26-21-28(40)10-12-29(26)34(30)31(22-36(32,37)3)24-5-8-27(9-6-24)38-19-14-25(15-20-38)33(41)23-39/h5-6,8-9,21,25,30-32,39,42H,7,10-16,19-20,22-23H2,1-4H3/t30-,31+,32-,36-,37+/m0/s1. The second-order valence-electron chi connectivity index (χ2n) is 14.3. The van der Waals surface area contributed by atoms with Crippen molar-refractivity contribution >= 4 is 17.3 Å². The highest BCUT2D eigenvalue weighted by atomic mass is 16.5. The third-order valence-electron chi connectivity index (χ3n) is 11.7. The van der Waals surface area contributed by atoms with E-state index < -0.39 is 11.2 Å². The van der Waals surface area contributed by atoms with E-state index in [-0.39, 0.29) is 35.4 Å². The van der Waals surface area contributed by atoms with Gasteiger partial charge in [-0.3, -0.25) is 9.59 Å². The van der Waals surface area contributed by atoms with E-state index in [1.807, 2.05) is 19.9 Å². The SMILES string of the molecule is COC(C)(C)C#C[C@]1(O)CC[C@H]2[C@@H]3CCC4=CC(=O)CCC4=C3[C@@H](c3ccc(N4CCC(C(=O)CO)CC4)cc3)C[C@@]21C. The number of anilines is 1. The molecule has 4 aliphatic carbocycles. The van der Waals surface area contributed by atoms with Gasteiger partial charge in [-0.05, 0) is 112 Å². The molecule has 0 aromatic heterocycles. The Hall–Kier alpha value is -2.72. The number of hydrogen-bond acceptors (Lipinski definition) is 6. The van der Waals surface area contributed by atoms with E-state index in [0.29, 0.717) is 24.7 Å². The molecule has 1 aromatic rings. The minimum atomic E-state index is -1.09. The Morgan fingerprint density at radius 1 is 1.09 bits per heavy atom. The monoisotopic (exact) mass is 585 g/mol. The van der Waals surface area contributed by atoms with E-state index >= 15 is 0 Å². The zero-order valence-corrected chi connectivity index (χ0v) is 26.2. The number of carbonyl (C=O) groups excluding carboxylic acids is 2. The molecule has 0 radical (unpaired) electrons. The van der Waals surface area contributed by atoms with E-state index in [0.717, 1.165) is 63.7 Å². The summed E-state index contributed by atoms with van der Waals surface area (Å²) in [6.07, 6.45) is 9.25. The highest BCUT2D eigenvalue weighted by molar-refractivity contribution is 5.93. The van der Waals surface area contributed by atoms with E-state index in [1.54, 1.807) is 7.11 Å². The van der Waals surface area contributed by atoms with Crippen molar-refractivity contribution in [2.45, 2.75) is 95.7 Å². The first-order chi connectivity index (χ1) is 20.5. The topological polar surface area (TPSA) is 87.1 Å². The lowest BCUT2D eigenvalue weighted by atomic mass is 9.51. The Bertz CT molecular complexity index is 1400. The van der Waals surface area contributed by atoms with Crippen LogP contribution in [0.3, 0.4) is 0 Å². The molecule has 2 saturated carbocycles. The van der Waals surface area contributed by atoms with Crippen molar-refractivity contribution in [2.75, 3.05) is 31.7 Å². The minimum Gasteiger partial charge on any atom is -0.389 e. The van der Waals surface area contributed by atoms with Crippen LogP contribution in [0.1, 0.15) is 90.0 Å². The summed E-state index contributed by atoms with van der Waals surface area (Å²) in [5.74, 6) is 7.64. The Labute approximate surface area is 256 Å². The predicted octanol–water partition coefficient (Wildman–Crippen LogP) is 5.52. The third kappa shape index (κ3) is 5.32. The van der Waals surface area contributed by atoms with Gasteiger partial charge in [-0.2, -0.15) is 0 Å². The normalized spacial score (nSPS) is 32.8. The van der Waals surface area contributed by atoms with Gasteiger partial charge >= 0.3 is 0 Å². The quantitative estimate of drug-likeness (QED) is 0.443. The van der Waals surface area contributed by atoms with Crippen molar-refractivity contribution in [3.05, 3.63) is 52.6 Å². The highest BCUT2D eigenvalue weighted by Gasteiger charge is 2.62. The van der Waals surface area contributed by atoms with Crippen LogP contribution in [0.2, 0.25) is 0 Å². The van der Waals surface area contributed by atoms with Crippen LogP contribution in [0.25, 0.3) is 0 Å². The van der Waals surface area contributed by atoms with Gasteiger partial charge in [0.15, 0.2) is 11.6 Å². The van der Waals surface area contributed by atoms with Crippen molar-refractivity contribution in [1.29, 1.82) is 0 Å². The number of fused-ring (bicyclic) bond motifs is 4. The van der Waals surface area contributed by atoms with Gasteiger partial charge in [-0.1, -0.05) is 36.5 Å². The Morgan fingerprint density at radius 2 is 1.81 bits per heavy atom. The summed E-state index contributed by atoms with van der Waals surface area (Å²) in [6, 6.07) is 8.95. The summed E-state index contributed by atoms with van der Waals surface area (Å²) >= 11 is 0. The number of aliphatic hydroxyl groups is 2. The minimum absolute atomic E-state index is 0.0412. The molecule has 0 spiro atoms. The van der Waals surface area contributed by atoms with E-state index in [2.05, 4.69) is 47.9 Å². The summed E-state index contributed by atoms with van der Waals surface area (Å²) in [7, 11) is 1.66. The molecule has 230 valence electrons. The fourth-order valence-electron chi connectivity index (χ4n) is 8.98. The van der Waals surface area contributed by atoms with Gasteiger partial charge in [-0.15, -0.1) is 0 Å². The molecule has 6 rings (SSSR count). The van der Waals surface area contributed by atoms with Crippen LogP contribution in [0.15, 0.2) is 47.1 Å². The second kappa shape index (κ2) is 11.3. The van der Waals surface area contributed by atoms with E-state index in [1.165, 1.54) is 22.3 Å². The first-order valence-electron chi connectivity index (χ1n) is 16.3.